The van der Waals surface area contributed by atoms with Crippen LogP contribution >= 0.6 is 0 Å². The van der Waals surface area contributed by atoms with Crippen LogP contribution in [0.15, 0.2) is 55.6 Å². The van der Waals surface area contributed by atoms with Gasteiger partial charge in [-0.1, -0.05) is 74.6 Å². The Labute approximate surface area is 284 Å². The average molecular weight is 664 g/mol. The van der Waals surface area contributed by atoms with Crippen LogP contribution in [0.5, 0.6) is 0 Å². The van der Waals surface area contributed by atoms with E-state index in [2.05, 4.69) is 18.5 Å². The van der Waals surface area contributed by atoms with E-state index in [4.69, 9.17) is 9.47 Å². The van der Waals surface area contributed by atoms with Crippen LogP contribution in [0.4, 0.5) is 0 Å². The highest BCUT2D eigenvalue weighted by molar-refractivity contribution is 5.99. The van der Waals surface area contributed by atoms with Crippen molar-refractivity contribution in [2.75, 3.05) is 26.3 Å². The number of esters is 1. The number of aliphatic hydroxyl groups excluding tert-OH is 1. The number of amides is 3. The van der Waals surface area contributed by atoms with E-state index in [-0.39, 0.29) is 49.4 Å². The van der Waals surface area contributed by atoms with E-state index in [9.17, 15) is 24.3 Å². The Kier molecular flexibility index (Phi) is 12.5. The van der Waals surface area contributed by atoms with Gasteiger partial charge in [-0.05, 0) is 50.5 Å². The zero-order valence-corrected chi connectivity index (χ0v) is 28.2. The van der Waals surface area contributed by atoms with Gasteiger partial charge in [0.15, 0.2) is 0 Å². The summed E-state index contributed by atoms with van der Waals surface area (Å²) in [4.78, 5) is 59.5. The predicted molar refractivity (Wildman–Crippen MR) is 181 cm³/mol. The van der Waals surface area contributed by atoms with Crippen LogP contribution in [0.3, 0.4) is 0 Å². The van der Waals surface area contributed by atoms with Gasteiger partial charge >= 0.3 is 5.97 Å². The molecule has 1 aromatic carbocycles. The number of ether oxygens (including phenoxy) is 2. The molecule has 10 heteroatoms. The molecular formula is C38H53N3O7. The fourth-order valence-electron chi connectivity index (χ4n) is 8.47. The van der Waals surface area contributed by atoms with Gasteiger partial charge in [0, 0.05) is 32.2 Å². The van der Waals surface area contributed by atoms with Crippen LogP contribution in [0.2, 0.25) is 0 Å². The summed E-state index contributed by atoms with van der Waals surface area (Å²) < 4.78 is 12.3. The molecule has 1 spiro atoms. The maximum Gasteiger partial charge on any atom is 0.306 e. The second-order valence-electron chi connectivity index (χ2n) is 13.8. The molecule has 1 aliphatic carbocycles. The maximum absolute atomic E-state index is 14.7. The number of nitrogens with zero attached hydrogens (tertiary/aromatic N) is 2. The standard InChI is InChI=1S/C38H53N3O7/c1-3-5-20-31(43)47-26-29(27-16-10-8-11-17-27)39-35(44)32-30-21-22-38(48-30)33(32)36(45)41(24-14-6-7-15-25-42)34(38)37(46)40(23-4-2)28-18-12-9-13-19-28/h3-4,8,10-11,16-17,28-30,32-34,42H,1-2,5-7,9,12-15,18-26H2,(H,39,44)/t29-,30-,32+,33+,34-,38+/m0/s1. The third-order valence-corrected chi connectivity index (χ3v) is 10.8. The fourth-order valence-corrected chi connectivity index (χ4v) is 8.47. The SMILES string of the molecule is C=CCCC(=O)OC[C@H](NC(=O)[C@@H]1[C@@H]2CC[C@]3(O2)[C@H](C(=O)N(CC=C)C2CCCCC2)N(CCCCCCO)C(=O)[C@@H]13)c1ccccc1. The minimum atomic E-state index is -1.08. The summed E-state index contributed by atoms with van der Waals surface area (Å²) in [7, 11) is 0. The number of carbonyl (C=O) groups excluding carboxylic acids is 4. The van der Waals surface area contributed by atoms with Crippen molar-refractivity contribution in [1.29, 1.82) is 0 Å². The zero-order valence-electron chi connectivity index (χ0n) is 28.2. The fraction of sp³-hybridized carbons (Fsp3) is 0.632. The second kappa shape index (κ2) is 16.7. The third-order valence-electron chi connectivity index (χ3n) is 10.8. The van der Waals surface area contributed by atoms with Crippen LogP contribution in [-0.4, -0.2) is 88.7 Å². The highest BCUT2D eigenvalue weighted by Gasteiger charge is 2.74. The van der Waals surface area contributed by atoms with Gasteiger partial charge in [0.1, 0.15) is 18.2 Å². The number of allylic oxidation sites excluding steroid dienone is 1. The van der Waals surface area contributed by atoms with Crippen LogP contribution in [0.25, 0.3) is 0 Å². The molecule has 3 saturated heterocycles. The van der Waals surface area contributed by atoms with Crippen LogP contribution in [0.1, 0.15) is 95.1 Å². The van der Waals surface area contributed by atoms with Gasteiger partial charge in [-0.3, -0.25) is 19.2 Å². The van der Waals surface area contributed by atoms with Crippen molar-refractivity contribution in [2.45, 2.75) is 113 Å². The van der Waals surface area contributed by atoms with Gasteiger partial charge in [-0.2, -0.15) is 0 Å². The topological polar surface area (TPSA) is 125 Å². The van der Waals surface area contributed by atoms with Crippen molar-refractivity contribution in [3.63, 3.8) is 0 Å². The van der Waals surface area contributed by atoms with Gasteiger partial charge in [0.2, 0.25) is 17.7 Å². The first-order chi connectivity index (χ1) is 23.4. The molecule has 0 aromatic heterocycles. The van der Waals surface area contributed by atoms with E-state index >= 15 is 0 Å². The molecule has 0 unspecified atom stereocenters. The molecule has 1 saturated carbocycles. The van der Waals surface area contributed by atoms with Crippen molar-refractivity contribution in [1.82, 2.24) is 15.1 Å². The molecule has 3 aliphatic heterocycles. The summed E-state index contributed by atoms with van der Waals surface area (Å²) in [6.07, 6.45) is 12.9. The minimum Gasteiger partial charge on any atom is -0.463 e. The first-order valence-corrected chi connectivity index (χ1v) is 18.0. The molecule has 6 atom stereocenters. The smallest absolute Gasteiger partial charge is 0.306 e. The summed E-state index contributed by atoms with van der Waals surface area (Å²) in [5.41, 5.74) is -0.302. The van der Waals surface area contributed by atoms with E-state index in [1.165, 1.54) is 0 Å². The Bertz CT molecular complexity index is 1300. The van der Waals surface area contributed by atoms with Crippen LogP contribution in [0, 0.1) is 11.8 Å². The molecule has 2 bridgehead atoms. The van der Waals surface area contributed by atoms with E-state index in [1.54, 1.807) is 17.1 Å². The summed E-state index contributed by atoms with van der Waals surface area (Å²) in [6.45, 7) is 8.46. The van der Waals surface area contributed by atoms with E-state index in [1.807, 2.05) is 35.2 Å². The Balaban J connectivity index is 1.41. The monoisotopic (exact) mass is 663 g/mol. The van der Waals surface area contributed by atoms with Gasteiger partial charge in [-0.25, -0.2) is 0 Å². The van der Waals surface area contributed by atoms with Crippen molar-refractivity contribution in [3.05, 3.63) is 61.2 Å². The van der Waals surface area contributed by atoms with Crippen molar-refractivity contribution < 1.29 is 33.8 Å². The quantitative estimate of drug-likeness (QED) is 0.133. The number of carbonyl (C=O) groups is 4. The lowest BCUT2D eigenvalue weighted by Crippen LogP contribution is -2.58. The molecule has 4 fully saturated rings. The molecule has 48 heavy (non-hydrogen) atoms. The molecule has 10 nitrogen and oxygen atoms in total. The maximum atomic E-state index is 14.7. The largest absolute Gasteiger partial charge is 0.463 e. The molecular weight excluding hydrogens is 610 g/mol. The summed E-state index contributed by atoms with van der Waals surface area (Å²) >= 11 is 0. The number of rotatable bonds is 18. The molecule has 3 heterocycles. The van der Waals surface area contributed by atoms with E-state index in [0.717, 1.165) is 50.5 Å². The molecule has 3 amide bonds. The molecule has 1 aromatic rings. The van der Waals surface area contributed by atoms with Crippen LogP contribution in [-0.2, 0) is 28.7 Å². The minimum absolute atomic E-state index is 0.0489. The first kappa shape index (κ1) is 35.8. The van der Waals surface area contributed by atoms with Gasteiger partial charge in [0.25, 0.3) is 0 Å². The van der Waals surface area contributed by atoms with Crippen LogP contribution < -0.4 is 5.32 Å². The molecule has 4 aliphatic rings. The number of fused-ring (bicyclic) bond motifs is 1. The molecule has 5 rings (SSSR count). The molecule has 2 N–H and O–H groups in total. The van der Waals surface area contributed by atoms with Gasteiger partial charge in [0.05, 0.1) is 24.0 Å². The Morgan fingerprint density at radius 3 is 2.52 bits per heavy atom. The number of benzene rings is 1. The Morgan fingerprint density at radius 2 is 1.81 bits per heavy atom. The summed E-state index contributed by atoms with van der Waals surface area (Å²) in [5.74, 6) is -2.58. The molecule has 262 valence electrons. The molecule has 0 radical (unpaired) electrons. The number of hydrogen-bond acceptors (Lipinski definition) is 7. The number of nitrogens with one attached hydrogen (secondary N) is 1. The number of unbranched alkanes of at least 4 members (excludes halogenated alkanes) is 3. The number of hydrogen-bond donors (Lipinski definition) is 2. The lowest BCUT2D eigenvalue weighted by Gasteiger charge is -2.40. The Hall–Kier alpha value is -3.50. The van der Waals surface area contributed by atoms with Crippen molar-refractivity contribution in [2.24, 2.45) is 11.8 Å². The highest BCUT2D eigenvalue weighted by Crippen LogP contribution is 2.59. The van der Waals surface area contributed by atoms with Crippen molar-refractivity contribution in [3.8, 4) is 0 Å². The van der Waals surface area contributed by atoms with Crippen molar-refractivity contribution >= 4 is 23.7 Å². The second-order valence-corrected chi connectivity index (χ2v) is 13.8. The zero-order chi connectivity index (χ0) is 34.1. The summed E-state index contributed by atoms with van der Waals surface area (Å²) in [5, 5.41) is 12.4. The predicted octanol–water partition coefficient (Wildman–Crippen LogP) is 4.63. The summed E-state index contributed by atoms with van der Waals surface area (Å²) in [6, 6.07) is 7.99. The number of likely N-dealkylation sites (tertiary alicyclic amines) is 1. The van der Waals surface area contributed by atoms with E-state index < -0.39 is 35.6 Å². The van der Waals surface area contributed by atoms with E-state index in [0.29, 0.717) is 45.2 Å². The lowest BCUT2D eigenvalue weighted by atomic mass is 9.70. The highest BCUT2D eigenvalue weighted by atomic mass is 16.5. The Morgan fingerprint density at radius 1 is 1.06 bits per heavy atom. The third kappa shape index (κ3) is 7.54. The van der Waals surface area contributed by atoms with Gasteiger partial charge < -0.3 is 29.7 Å². The average Bonchev–Trinajstić information content (AvgIpc) is 3.75. The van der Waals surface area contributed by atoms with Gasteiger partial charge in [-0.15, -0.1) is 13.2 Å². The first-order valence-electron chi connectivity index (χ1n) is 18.0. The number of aliphatic hydroxyl groups is 1. The normalized spacial score (nSPS) is 26.9. The lowest BCUT2D eigenvalue weighted by molar-refractivity contribution is -0.150.